The molecule has 0 aromatic rings. The molecule has 1 rings (SSSR count). The van der Waals surface area contributed by atoms with Gasteiger partial charge in [0.2, 0.25) is 0 Å². The van der Waals surface area contributed by atoms with Crippen LogP contribution in [0.2, 0.25) is 0 Å². The van der Waals surface area contributed by atoms with Crippen molar-refractivity contribution in [2.24, 2.45) is 0 Å². The summed E-state index contributed by atoms with van der Waals surface area (Å²) in [5.41, 5.74) is 0. The molecule has 2 N–H and O–H groups in total. The molecular weight excluding hydrogens is 148 g/mol. The van der Waals surface area contributed by atoms with E-state index in [0.29, 0.717) is 0 Å². The van der Waals surface area contributed by atoms with Crippen LogP contribution in [0.5, 0.6) is 0 Å². The zero-order valence-electron chi connectivity index (χ0n) is 9.27. The number of hydrogen-bond acceptors (Lipinski definition) is 0. The quantitative estimate of drug-likeness (QED) is 0.556. The summed E-state index contributed by atoms with van der Waals surface area (Å²) in [6.45, 7) is 9.65. The maximum atomic E-state index is 2.39. The van der Waals surface area contributed by atoms with Gasteiger partial charge in [-0.2, -0.15) is 0 Å². The zero-order valence-corrected chi connectivity index (χ0v) is 9.27. The van der Waals surface area contributed by atoms with E-state index in [-0.39, 0.29) is 0 Å². The Morgan fingerprint density at radius 2 is 1.42 bits per heavy atom. The van der Waals surface area contributed by atoms with Crippen LogP contribution in [0.4, 0.5) is 0 Å². The van der Waals surface area contributed by atoms with Crippen molar-refractivity contribution in [3.8, 4) is 0 Å². The Balaban J connectivity index is 0.000000261. The second-order valence-electron chi connectivity index (χ2n) is 4.25. The number of hydrogen-bond donors (Lipinski definition) is 1. The van der Waals surface area contributed by atoms with Crippen molar-refractivity contribution < 1.29 is 9.80 Å². The molecule has 0 amide bonds. The summed E-state index contributed by atoms with van der Waals surface area (Å²) in [6.07, 6.45) is 2.64. The fourth-order valence-corrected chi connectivity index (χ4v) is 1.14. The van der Waals surface area contributed by atoms with Crippen molar-refractivity contribution in [2.45, 2.75) is 26.7 Å². The third-order valence-corrected chi connectivity index (χ3v) is 2.38. The number of quaternary nitrogens is 2. The number of nitrogens with two attached hydrogens (primary N) is 1. The summed E-state index contributed by atoms with van der Waals surface area (Å²) >= 11 is 0. The first-order chi connectivity index (χ1) is 5.62. The van der Waals surface area contributed by atoms with Gasteiger partial charge in [-0.25, -0.2) is 0 Å². The van der Waals surface area contributed by atoms with Gasteiger partial charge in [-0.3, -0.25) is 0 Å². The maximum Gasteiger partial charge on any atom is 0.128 e. The molecule has 1 aliphatic rings. The first-order valence-corrected chi connectivity index (χ1v) is 5.26. The van der Waals surface area contributed by atoms with Crippen LogP contribution in [0.1, 0.15) is 26.7 Å². The molecule has 0 atom stereocenters. The number of piperazine rings is 1. The van der Waals surface area contributed by atoms with Crippen LogP contribution in [0.15, 0.2) is 0 Å². The Hall–Kier alpha value is -0.0800. The first kappa shape index (κ1) is 11.9. The van der Waals surface area contributed by atoms with Gasteiger partial charge >= 0.3 is 0 Å². The average molecular weight is 174 g/mol. The standard InChI is InChI=1S/C6H15N2.C4H10/c1-8(2)5-3-7-4-6-8;1-3-4-2/h7H,3-6H2,1-2H3;3-4H2,1-2H3/q+1;/p+1. The molecule has 74 valence electrons. The maximum absolute atomic E-state index is 2.39. The van der Waals surface area contributed by atoms with Gasteiger partial charge in [0.25, 0.3) is 0 Å². The van der Waals surface area contributed by atoms with Crippen LogP contribution in [-0.2, 0) is 0 Å². The predicted molar refractivity (Wildman–Crippen MR) is 54.1 cm³/mol. The fourth-order valence-electron chi connectivity index (χ4n) is 1.14. The Labute approximate surface area is 77.5 Å². The van der Waals surface area contributed by atoms with Gasteiger partial charge in [0.15, 0.2) is 0 Å². The molecule has 0 aromatic heterocycles. The van der Waals surface area contributed by atoms with Gasteiger partial charge in [-0.05, 0) is 0 Å². The average Bonchev–Trinajstić information content (AvgIpc) is 2.05. The number of rotatable bonds is 1. The van der Waals surface area contributed by atoms with E-state index in [1.54, 1.807) is 0 Å². The monoisotopic (exact) mass is 174 g/mol. The molecule has 2 nitrogen and oxygen atoms in total. The summed E-state index contributed by atoms with van der Waals surface area (Å²) in [6, 6.07) is 0. The molecule has 2 heteroatoms. The first-order valence-electron chi connectivity index (χ1n) is 5.26. The molecule has 0 unspecified atom stereocenters. The van der Waals surface area contributed by atoms with Gasteiger partial charge in [0, 0.05) is 0 Å². The van der Waals surface area contributed by atoms with Crippen LogP contribution in [0, 0.1) is 0 Å². The van der Waals surface area contributed by atoms with E-state index in [4.69, 9.17) is 0 Å². The molecule has 0 aliphatic carbocycles. The van der Waals surface area contributed by atoms with Crippen molar-refractivity contribution in [1.82, 2.24) is 0 Å². The highest BCUT2D eigenvalue weighted by Gasteiger charge is 2.19. The molecule has 12 heavy (non-hydrogen) atoms. The molecule has 0 bridgehead atoms. The molecular formula is C10H26N2+2. The van der Waals surface area contributed by atoms with Crippen molar-refractivity contribution >= 4 is 0 Å². The van der Waals surface area contributed by atoms with Crippen molar-refractivity contribution in [2.75, 3.05) is 40.3 Å². The summed E-state index contributed by atoms with van der Waals surface area (Å²) in [5.74, 6) is 0. The van der Waals surface area contributed by atoms with Crippen molar-refractivity contribution in [1.29, 1.82) is 0 Å². The second kappa shape index (κ2) is 6.44. The van der Waals surface area contributed by atoms with E-state index in [1.807, 2.05) is 0 Å². The van der Waals surface area contributed by atoms with Crippen LogP contribution in [0.25, 0.3) is 0 Å². The SMILES string of the molecule is CCCC.C[N+]1(C)CC[NH2+]CC1. The molecule has 0 radical (unpaired) electrons. The third kappa shape index (κ3) is 6.62. The minimum absolute atomic E-state index is 1.22. The Morgan fingerprint density at radius 3 is 1.58 bits per heavy atom. The topological polar surface area (TPSA) is 16.6 Å². The predicted octanol–water partition coefficient (Wildman–Crippen LogP) is 0.446. The number of unbranched alkanes of at least 4 members (excludes halogenated alkanes) is 1. The minimum Gasteiger partial charge on any atom is -0.337 e. The van der Waals surface area contributed by atoms with Crippen LogP contribution >= 0.6 is 0 Å². The van der Waals surface area contributed by atoms with E-state index >= 15 is 0 Å². The lowest BCUT2D eigenvalue weighted by atomic mass is 10.3. The van der Waals surface area contributed by atoms with Gasteiger partial charge in [-0.1, -0.05) is 26.7 Å². The summed E-state index contributed by atoms with van der Waals surface area (Å²) in [7, 11) is 4.60. The molecule has 0 aromatic carbocycles. The normalized spacial score (nSPS) is 21.0. The molecule has 1 heterocycles. The molecule has 1 fully saturated rings. The number of likely N-dealkylation sites (N-methyl/N-ethyl adjacent to an activating group) is 1. The van der Waals surface area contributed by atoms with Gasteiger partial charge in [0.1, 0.15) is 26.2 Å². The summed E-state index contributed by atoms with van der Waals surface area (Å²) in [5, 5.41) is 2.39. The van der Waals surface area contributed by atoms with E-state index in [1.165, 1.54) is 43.5 Å². The van der Waals surface area contributed by atoms with Crippen LogP contribution < -0.4 is 5.32 Å². The van der Waals surface area contributed by atoms with Gasteiger partial charge < -0.3 is 9.80 Å². The summed E-state index contributed by atoms with van der Waals surface area (Å²) in [4.78, 5) is 0. The highest BCUT2D eigenvalue weighted by molar-refractivity contribution is 4.35. The Kier molecular flexibility index (Phi) is 6.39. The van der Waals surface area contributed by atoms with Gasteiger partial charge in [-0.15, -0.1) is 0 Å². The Bertz CT molecular complexity index is 90.0. The number of nitrogens with zero attached hydrogens (tertiary/aromatic N) is 1. The third-order valence-electron chi connectivity index (χ3n) is 2.38. The van der Waals surface area contributed by atoms with E-state index < -0.39 is 0 Å². The Morgan fingerprint density at radius 1 is 1.00 bits per heavy atom. The van der Waals surface area contributed by atoms with Crippen LogP contribution in [0.3, 0.4) is 0 Å². The van der Waals surface area contributed by atoms with E-state index in [2.05, 4.69) is 33.3 Å². The molecule has 0 saturated carbocycles. The second-order valence-corrected chi connectivity index (χ2v) is 4.25. The zero-order chi connectivity index (χ0) is 9.45. The highest BCUT2D eigenvalue weighted by atomic mass is 15.3. The van der Waals surface area contributed by atoms with Crippen LogP contribution in [-0.4, -0.2) is 44.8 Å². The lowest BCUT2D eigenvalue weighted by Crippen LogP contribution is -2.91. The largest absolute Gasteiger partial charge is 0.337 e. The molecule has 0 spiro atoms. The van der Waals surface area contributed by atoms with E-state index in [9.17, 15) is 0 Å². The summed E-state index contributed by atoms with van der Waals surface area (Å²) < 4.78 is 1.22. The van der Waals surface area contributed by atoms with Crippen molar-refractivity contribution in [3.05, 3.63) is 0 Å². The molecule has 1 saturated heterocycles. The minimum atomic E-state index is 1.22. The lowest BCUT2D eigenvalue weighted by molar-refractivity contribution is -0.937. The van der Waals surface area contributed by atoms with E-state index in [0.717, 1.165) is 0 Å². The molecule has 1 aliphatic heterocycles. The lowest BCUT2D eigenvalue weighted by Gasteiger charge is -2.31. The smallest absolute Gasteiger partial charge is 0.128 e. The fraction of sp³-hybridized carbons (Fsp3) is 1.00. The van der Waals surface area contributed by atoms with Gasteiger partial charge in [0.05, 0.1) is 14.1 Å². The highest BCUT2D eigenvalue weighted by Crippen LogP contribution is 1.93. The van der Waals surface area contributed by atoms with Crippen molar-refractivity contribution in [3.63, 3.8) is 0 Å².